The molecule has 0 radical (unpaired) electrons. The topological polar surface area (TPSA) is 61.4 Å². The molecular formula is C15H27N3O2. The van der Waals surface area contributed by atoms with Gasteiger partial charge in [0, 0.05) is 38.5 Å². The molecule has 1 unspecified atom stereocenters. The Bertz CT molecular complexity index is 368. The number of hydrogen-bond donors (Lipinski definition) is 2. The second kappa shape index (κ2) is 6.57. The van der Waals surface area contributed by atoms with Crippen molar-refractivity contribution in [3.05, 3.63) is 0 Å². The van der Waals surface area contributed by atoms with Crippen molar-refractivity contribution in [2.75, 3.05) is 32.7 Å². The summed E-state index contributed by atoms with van der Waals surface area (Å²) in [5, 5.41) is 5.74. The fourth-order valence-electron chi connectivity index (χ4n) is 3.22. The normalized spacial score (nSPS) is 26.9. The molecule has 114 valence electrons. The van der Waals surface area contributed by atoms with Crippen LogP contribution in [0.25, 0.3) is 0 Å². The van der Waals surface area contributed by atoms with E-state index in [2.05, 4.69) is 29.4 Å². The van der Waals surface area contributed by atoms with Crippen LogP contribution in [0.2, 0.25) is 0 Å². The summed E-state index contributed by atoms with van der Waals surface area (Å²) in [6.45, 7) is 9.06. The predicted octanol–water partition coefficient (Wildman–Crippen LogP) is 0.751. The summed E-state index contributed by atoms with van der Waals surface area (Å²) in [4.78, 5) is 25.7. The van der Waals surface area contributed by atoms with Crippen LogP contribution in [0.3, 0.4) is 0 Å². The third-order valence-corrected chi connectivity index (χ3v) is 4.32. The van der Waals surface area contributed by atoms with Crippen LogP contribution in [0.5, 0.6) is 0 Å². The van der Waals surface area contributed by atoms with E-state index in [0.717, 1.165) is 26.1 Å². The summed E-state index contributed by atoms with van der Waals surface area (Å²) in [6, 6.07) is 0. The van der Waals surface area contributed by atoms with Crippen molar-refractivity contribution >= 4 is 11.8 Å². The highest BCUT2D eigenvalue weighted by Crippen LogP contribution is 2.27. The van der Waals surface area contributed by atoms with Crippen LogP contribution in [0.4, 0.5) is 0 Å². The molecule has 2 amide bonds. The number of rotatable bonds is 4. The molecule has 0 aromatic heterocycles. The minimum Gasteiger partial charge on any atom is -0.356 e. The van der Waals surface area contributed by atoms with Gasteiger partial charge in [-0.2, -0.15) is 0 Å². The van der Waals surface area contributed by atoms with E-state index in [1.165, 1.54) is 12.8 Å². The Balaban J connectivity index is 1.67. The second-order valence-corrected chi connectivity index (χ2v) is 6.87. The number of nitrogens with one attached hydrogen (secondary N) is 2. The Hall–Kier alpha value is -1.10. The van der Waals surface area contributed by atoms with Crippen LogP contribution < -0.4 is 10.6 Å². The van der Waals surface area contributed by atoms with Gasteiger partial charge in [-0.15, -0.1) is 0 Å². The summed E-state index contributed by atoms with van der Waals surface area (Å²) < 4.78 is 0. The maximum absolute atomic E-state index is 12.0. The first-order valence-corrected chi connectivity index (χ1v) is 7.73. The quantitative estimate of drug-likeness (QED) is 0.799. The zero-order valence-electron chi connectivity index (χ0n) is 12.7. The summed E-state index contributed by atoms with van der Waals surface area (Å²) >= 11 is 0. The number of nitrogens with zero attached hydrogens (tertiary/aromatic N) is 1. The van der Waals surface area contributed by atoms with Crippen LogP contribution in [0, 0.1) is 11.3 Å². The van der Waals surface area contributed by atoms with Crippen molar-refractivity contribution in [3.63, 3.8) is 0 Å². The molecule has 0 saturated carbocycles. The van der Waals surface area contributed by atoms with E-state index in [1.807, 2.05) is 0 Å². The van der Waals surface area contributed by atoms with Crippen LogP contribution in [-0.4, -0.2) is 49.4 Å². The molecule has 2 saturated heterocycles. The van der Waals surface area contributed by atoms with Gasteiger partial charge in [0.15, 0.2) is 0 Å². The minimum absolute atomic E-state index is 0.00539. The Morgan fingerprint density at radius 3 is 3.00 bits per heavy atom. The Labute approximate surface area is 121 Å². The average Bonchev–Trinajstić information content (AvgIpc) is 2.37. The van der Waals surface area contributed by atoms with Gasteiger partial charge in [0.05, 0.1) is 0 Å². The summed E-state index contributed by atoms with van der Waals surface area (Å²) in [6.07, 6.45) is 3.62. The maximum Gasteiger partial charge on any atom is 0.223 e. The van der Waals surface area contributed by atoms with Gasteiger partial charge in [-0.1, -0.05) is 13.8 Å². The van der Waals surface area contributed by atoms with E-state index in [-0.39, 0.29) is 17.7 Å². The molecule has 0 aromatic rings. The van der Waals surface area contributed by atoms with E-state index in [0.29, 0.717) is 24.9 Å². The highest BCUT2D eigenvalue weighted by atomic mass is 16.2. The monoisotopic (exact) mass is 281 g/mol. The lowest BCUT2D eigenvalue weighted by atomic mass is 9.84. The molecule has 0 spiro atoms. The molecular weight excluding hydrogens is 254 g/mol. The molecule has 1 atom stereocenters. The molecule has 2 rings (SSSR count). The van der Waals surface area contributed by atoms with Crippen LogP contribution in [-0.2, 0) is 9.59 Å². The number of likely N-dealkylation sites (tertiary alicyclic amines) is 1. The van der Waals surface area contributed by atoms with E-state index in [1.54, 1.807) is 0 Å². The first-order valence-electron chi connectivity index (χ1n) is 7.73. The third-order valence-electron chi connectivity index (χ3n) is 4.32. The summed E-state index contributed by atoms with van der Waals surface area (Å²) in [5.74, 6) is -0.105. The molecule has 5 heteroatoms. The van der Waals surface area contributed by atoms with Gasteiger partial charge < -0.3 is 15.5 Å². The molecule has 0 bridgehead atoms. The Kier molecular flexibility index (Phi) is 5.02. The molecule has 2 fully saturated rings. The van der Waals surface area contributed by atoms with Crippen LogP contribution in [0.1, 0.15) is 39.5 Å². The molecule has 2 N–H and O–H groups in total. The largest absolute Gasteiger partial charge is 0.356 e. The third kappa shape index (κ3) is 4.47. The molecule has 2 aliphatic heterocycles. The molecule has 5 nitrogen and oxygen atoms in total. The van der Waals surface area contributed by atoms with Gasteiger partial charge in [-0.25, -0.2) is 0 Å². The average molecular weight is 281 g/mol. The van der Waals surface area contributed by atoms with E-state index < -0.39 is 0 Å². The zero-order valence-corrected chi connectivity index (χ0v) is 12.7. The molecule has 0 aliphatic carbocycles. The number of carbonyl (C=O) groups is 2. The van der Waals surface area contributed by atoms with E-state index in [4.69, 9.17) is 0 Å². The fourth-order valence-corrected chi connectivity index (χ4v) is 3.22. The van der Waals surface area contributed by atoms with Gasteiger partial charge in [-0.05, 0) is 31.2 Å². The zero-order chi connectivity index (χ0) is 14.6. The first kappa shape index (κ1) is 15.3. The summed E-state index contributed by atoms with van der Waals surface area (Å²) in [5.41, 5.74) is 0.393. The van der Waals surface area contributed by atoms with Crippen molar-refractivity contribution in [2.45, 2.75) is 39.5 Å². The molecule has 2 aliphatic rings. The fraction of sp³-hybridized carbons (Fsp3) is 0.867. The van der Waals surface area contributed by atoms with E-state index >= 15 is 0 Å². The van der Waals surface area contributed by atoms with Crippen molar-refractivity contribution in [1.82, 2.24) is 15.5 Å². The van der Waals surface area contributed by atoms with E-state index in [9.17, 15) is 9.59 Å². The van der Waals surface area contributed by atoms with Crippen molar-refractivity contribution < 1.29 is 9.59 Å². The Morgan fingerprint density at radius 1 is 1.50 bits per heavy atom. The van der Waals surface area contributed by atoms with Crippen molar-refractivity contribution in [2.24, 2.45) is 11.3 Å². The predicted molar refractivity (Wildman–Crippen MR) is 78.2 cm³/mol. The second-order valence-electron chi connectivity index (χ2n) is 6.87. The first-order chi connectivity index (χ1) is 9.46. The lowest BCUT2D eigenvalue weighted by Gasteiger charge is -2.38. The SMILES string of the molecule is CC1(C)CCCN(CCNC(=O)C2CCNC(=O)C2)C1. The van der Waals surface area contributed by atoms with Crippen LogP contribution in [0.15, 0.2) is 0 Å². The molecule has 0 aromatic carbocycles. The van der Waals surface area contributed by atoms with Crippen molar-refractivity contribution in [1.29, 1.82) is 0 Å². The number of amides is 2. The Morgan fingerprint density at radius 2 is 2.30 bits per heavy atom. The lowest BCUT2D eigenvalue weighted by Crippen LogP contribution is -2.46. The van der Waals surface area contributed by atoms with Gasteiger partial charge in [-0.3, -0.25) is 9.59 Å². The lowest BCUT2D eigenvalue weighted by molar-refractivity contribution is -0.132. The van der Waals surface area contributed by atoms with Gasteiger partial charge in [0.1, 0.15) is 0 Å². The van der Waals surface area contributed by atoms with Crippen molar-refractivity contribution in [3.8, 4) is 0 Å². The summed E-state index contributed by atoms with van der Waals surface area (Å²) in [7, 11) is 0. The standard InChI is InChI=1S/C15H27N3O2/c1-15(2)5-3-8-18(11-15)9-7-17-14(20)12-4-6-16-13(19)10-12/h12H,3-11H2,1-2H3,(H,16,19)(H,17,20). The highest BCUT2D eigenvalue weighted by molar-refractivity contribution is 5.86. The molecule has 20 heavy (non-hydrogen) atoms. The maximum atomic E-state index is 12.0. The molecule has 2 heterocycles. The van der Waals surface area contributed by atoms with Crippen LogP contribution >= 0.6 is 0 Å². The smallest absolute Gasteiger partial charge is 0.223 e. The highest BCUT2D eigenvalue weighted by Gasteiger charge is 2.27. The van der Waals surface area contributed by atoms with Gasteiger partial charge in [0.2, 0.25) is 11.8 Å². The number of piperidine rings is 2. The minimum atomic E-state index is -0.137. The van der Waals surface area contributed by atoms with Gasteiger partial charge in [0.25, 0.3) is 0 Å². The number of carbonyl (C=O) groups excluding carboxylic acids is 2. The number of hydrogen-bond acceptors (Lipinski definition) is 3. The van der Waals surface area contributed by atoms with Gasteiger partial charge >= 0.3 is 0 Å².